The van der Waals surface area contributed by atoms with Gasteiger partial charge in [-0.3, -0.25) is 47.9 Å². The first-order valence-electron chi connectivity index (χ1n) is 49.6. The van der Waals surface area contributed by atoms with Crippen LogP contribution < -0.4 is 16.0 Å². The van der Waals surface area contributed by atoms with Crippen molar-refractivity contribution in [2.45, 2.75) is 420 Å². The minimum absolute atomic E-state index is 0.0219. The van der Waals surface area contributed by atoms with Crippen molar-refractivity contribution >= 4 is 59.2 Å². The molecule has 0 aromatic rings. The molecule has 24 heteroatoms. The molecule has 24 nitrogen and oxygen atoms in total. The van der Waals surface area contributed by atoms with E-state index in [2.05, 4.69) is 43.6 Å². The first-order valence-corrected chi connectivity index (χ1v) is 49.6. The quantitative estimate of drug-likeness (QED) is 0.0289. The summed E-state index contributed by atoms with van der Waals surface area (Å²) in [6, 6.07) is 0. The number of rotatable bonds is 96. The fraction of sp³-hybridized carbons (Fsp3) is 0.897. The predicted octanol–water partition coefficient (Wildman–Crippen LogP) is 19.9. The predicted molar refractivity (Wildman–Crippen MR) is 484 cm³/mol. The molecule has 0 spiro atoms. The lowest BCUT2D eigenvalue weighted by Crippen LogP contribution is -2.38. The monoisotopic (exact) mass is 1720 g/mol. The lowest BCUT2D eigenvalue weighted by Gasteiger charge is -2.23. The van der Waals surface area contributed by atoms with E-state index in [1.165, 1.54) is 190 Å². The zero-order valence-electron chi connectivity index (χ0n) is 78.0. The zero-order valence-corrected chi connectivity index (χ0v) is 78.0. The minimum atomic E-state index is -0.744. The summed E-state index contributed by atoms with van der Waals surface area (Å²) in [7, 11) is 0. The molecule has 0 rings (SSSR count). The highest BCUT2D eigenvalue weighted by Crippen LogP contribution is 2.20. The number of nitrogens with zero attached hydrogens (tertiary/aromatic N) is 2. The first kappa shape index (κ1) is 116. The van der Waals surface area contributed by atoms with Crippen LogP contribution >= 0.6 is 0 Å². The van der Waals surface area contributed by atoms with Crippen LogP contribution in [0.2, 0.25) is 0 Å². The SMILES string of the molecule is CCCCCCCCCCCCCC(=O)OCCN(CCOC(=O)CCCCCCCCCCCCC)C(=O)CCC(=O)C[C@@H](CCCCNC(=O)CCC(=O)N(CCOC(=O)CCCCCCCCCCCCC)CCOC(=O)CCCCCCCCCCCCC)C(=O)NCCCOCCOCCOCCCNC(=O)CCOCCOCCC. The summed E-state index contributed by atoms with van der Waals surface area (Å²) >= 11 is 0. The van der Waals surface area contributed by atoms with Gasteiger partial charge in [-0.2, -0.15) is 0 Å². The number of Topliss-reactive ketones (excluding diaryl/α,β-unsaturated/α-hetero) is 1. The van der Waals surface area contributed by atoms with Crippen molar-refractivity contribution < 1.29 is 90.6 Å². The Morgan fingerprint density at radius 3 is 0.835 bits per heavy atom. The molecule has 0 aliphatic carbocycles. The van der Waals surface area contributed by atoms with E-state index >= 15 is 0 Å². The number of carbonyl (C=O) groups excluding carboxylic acids is 10. The Bertz CT molecular complexity index is 2350. The van der Waals surface area contributed by atoms with E-state index in [1.54, 1.807) is 0 Å². The van der Waals surface area contributed by atoms with Crippen molar-refractivity contribution in [3.05, 3.63) is 0 Å². The number of nitrogens with one attached hydrogen (secondary N) is 3. The van der Waals surface area contributed by atoms with Gasteiger partial charge >= 0.3 is 23.9 Å². The molecule has 0 heterocycles. The number of hydrogen-bond donors (Lipinski definition) is 3. The Labute approximate surface area is 736 Å². The normalized spacial score (nSPS) is 11.5. The summed E-state index contributed by atoms with van der Waals surface area (Å²) < 4.78 is 50.3. The standard InChI is InChI=1S/C97H181N5O19/c1-6-11-15-19-23-27-31-35-39-43-47-56-93(108)118-76-68-101(69-77-119-94(109)57-48-44-40-36-32-28-24-20-16-12-7-2)91(106)62-60-88(103)86-87(97(112)100-67-54-74-115-82-85-117-84-81-114-73-53-66-99-90(105)64-75-116-83-80-113-72-10-5)55-51-52-65-98-89(104)61-63-92(107)102(70-78-120-95(110)58-49-45-41-37-33-29-25-21-17-13-8-3)71-79-121-96(111)59-50-46-42-38-34-30-26-22-18-14-9-4/h87H,6-86H2,1-5H3,(H,98,104)(H,99,105)(H,100,112)/t87-/m1/s1. The third-order valence-corrected chi connectivity index (χ3v) is 22.0. The Balaban J connectivity index is 5.86. The van der Waals surface area contributed by atoms with Gasteiger partial charge in [0.15, 0.2) is 0 Å². The molecule has 0 bridgehead atoms. The minimum Gasteiger partial charge on any atom is -0.464 e. The van der Waals surface area contributed by atoms with Crippen molar-refractivity contribution in [3.8, 4) is 0 Å². The maximum atomic E-state index is 14.0. The third kappa shape index (κ3) is 84.0. The summed E-state index contributed by atoms with van der Waals surface area (Å²) in [5, 5.41) is 8.75. The van der Waals surface area contributed by atoms with E-state index in [1.807, 2.05) is 6.92 Å². The smallest absolute Gasteiger partial charge is 0.305 e. The topological polar surface area (TPSA) is 296 Å². The molecule has 0 aromatic carbocycles. The molecule has 0 aromatic heterocycles. The van der Waals surface area contributed by atoms with Crippen molar-refractivity contribution in [1.82, 2.24) is 25.8 Å². The molecule has 0 radical (unpaired) electrons. The van der Waals surface area contributed by atoms with Crippen LogP contribution in [0.3, 0.4) is 0 Å². The molecule has 0 saturated carbocycles. The summed E-state index contributed by atoms with van der Waals surface area (Å²) in [6.07, 6.45) is 55.3. The maximum Gasteiger partial charge on any atom is 0.305 e. The van der Waals surface area contributed by atoms with Gasteiger partial charge in [0.1, 0.15) is 32.2 Å². The molecule has 0 aliphatic rings. The van der Waals surface area contributed by atoms with Crippen LogP contribution in [-0.4, -0.2) is 207 Å². The Morgan fingerprint density at radius 1 is 0.231 bits per heavy atom. The number of ketones is 1. The number of hydrogen-bond acceptors (Lipinski definition) is 19. The van der Waals surface area contributed by atoms with Crippen LogP contribution in [0.25, 0.3) is 0 Å². The highest BCUT2D eigenvalue weighted by atomic mass is 16.6. The molecule has 0 fully saturated rings. The highest BCUT2D eigenvalue weighted by molar-refractivity contribution is 5.89. The van der Waals surface area contributed by atoms with E-state index in [4.69, 9.17) is 42.6 Å². The molecule has 3 N–H and O–H groups in total. The zero-order chi connectivity index (χ0) is 88.3. The van der Waals surface area contributed by atoms with Gasteiger partial charge < -0.3 is 68.4 Å². The second-order valence-electron chi connectivity index (χ2n) is 33.2. The van der Waals surface area contributed by atoms with Gasteiger partial charge in [-0.1, -0.05) is 298 Å². The van der Waals surface area contributed by atoms with Crippen LogP contribution in [0.4, 0.5) is 0 Å². The molecule has 0 aliphatic heterocycles. The molecular weight excluding hydrogens is 1540 g/mol. The Hall–Kier alpha value is -5.30. The van der Waals surface area contributed by atoms with Crippen molar-refractivity contribution in [2.75, 3.05) is 138 Å². The molecule has 1 atom stereocenters. The Morgan fingerprint density at radius 2 is 0.504 bits per heavy atom. The fourth-order valence-electron chi connectivity index (χ4n) is 14.3. The van der Waals surface area contributed by atoms with Crippen LogP contribution in [0.5, 0.6) is 0 Å². The summed E-state index contributed by atoms with van der Waals surface area (Å²) in [4.78, 5) is 135. The molecule has 5 amide bonds. The fourth-order valence-corrected chi connectivity index (χ4v) is 14.3. The van der Waals surface area contributed by atoms with Gasteiger partial charge in [-0.25, -0.2) is 0 Å². The number of amides is 5. The average molecular weight is 1720 g/mol. The highest BCUT2D eigenvalue weighted by Gasteiger charge is 2.25. The first-order chi connectivity index (χ1) is 59.2. The lowest BCUT2D eigenvalue weighted by atomic mass is 9.93. The number of carbonyl (C=O) groups is 10. The van der Waals surface area contributed by atoms with Gasteiger partial charge in [0.25, 0.3) is 0 Å². The lowest BCUT2D eigenvalue weighted by molar-refractivity contribution is -0.148. The van der Waals surface area contributed by atoms with Crippen molar-refractivity contribution in [3.63, 3.8) is 0 Å². The van der Waals surface area contributed by atoms with Crippen molar-refractivity contribution in [2.24, 2.45) is 5.92 Å². The van der Waals surface area contributed by atoms with E-state index in [0.29, 0.717) is 118 Å². The number of esters is 4. The van der Waals surface area contributed by atoms with E-state index < -0.39 is 5.92 Å². The maximum absolute atomic E-state index is 14.0. The van der Waals surface area contributed by atoms with Gasteiger partial charge in [0.05, 0.1) is 72.4 Å². The Kier molecular flexibility index (Phi) is 88.3. The summed E-state index contributed by atoms with van der Waals surface area (Å²) in [6.45, 7) is 16.4. The third-order valence-electron chi connectivity index (χ3n) is 22.0. The largest absolute Gasteiger partial charge is 0.464 e. The van der Waals surface area contributed by atoms with Gasteiger partial charge in [0, 0.05) is 110 Å². The van der Waals surface area contributed by atoms with E-state index in [9.17, 15) is 47.9 Å². The molecule has 121 heavy (non-hydrogen) atoms. The van der Waals surface area contributed by atoms with Crippen molar-refractivity contribution in [1.29, 1.82) is 0 Å². The summed E-state index contributed by atoms with van der Waals surface area (Å²) in [5.74, 6) is -3.78. The average Bonchev–Trinajstić information content (AvgIpc) is 0.914. The molecule has 0 saturated heterocycles. The second kappa shape index (κ2) is 92.4. The number of ether oxygens (including phenoxy) is 9. The molecule has 708 valence electrons. The van der Waals surface area contributed by atoms with Crippen LogP contribution in [0, 0.1) is 5.92 Å². The summed E-state index contributed by atoms with van der Waals surface area (Å²) in [5.41, 5.74) is 0. The van der Waals surface area contributed by atoms with E-state index in [-0.39, 0.29) is 176 Å². The van der Waals surface area contributed by atoms with Crippen LogP contribution in [-0.2, 0) is 90.6 Å². The van der Waals surface area contributed by atoms with E-state index in [0.717, 1.165) is 109 Å². The number of unbranched alkanes of at least 4 members (excludes halogenated alkanes) is 41. The van der Waals surface area contributed by atoms with Crippen LogP contribution in [0.15, 0.2) is 0 Å². The second-order valence-corrected chi connectivity index (χ2v) is 33.2. The molecule has 0 unspecified atom stereocenters. The van der Waals surface area contributed by atoms with Gasteiger partial charge in [0.2, 0.25) is 29.5 Å². The van der Waals surface area contributed by atoms with Gasteiger partial charge in [-0.05, 0) is 57.8 Å². The van der Waals surface area contributed by atoms with Crippen LogP contribution in [0.1, 0.15) is 420 Å². The molecular formula is C97H181N5O19. The van der Waals surface area contributed by atoms with Gasteiger partial charge in [-0.15, -0.1) is 0 Å².